The summed E-state index contributed by atoms with van der Waals surface area (Å²) in [6.07, 6.45) is 2.68. The van der Waals surface area contributed by atoms with Crippen LogP contribution in [0.25, 0.3) is 0 Å². The third kappa shape index (κ3) is 2.15. The van der Waals surface area contributed by atoms with E-state index >= 15 is 0 Å². The Bertz CT molecular complexity index is 498. The maximum absolute atomic E-state index is 11.3. The molecule has 96 valence electrons. The van der Waals surface area contributed by atoms with Crippen LogP contribution in [0, 0.1) is 11.8 Å². The number of fused-ring (bicyclic) bond motifs is 1. The lowest BCUT2D eigenvalue weighted by molar-refractivity contribution is -0.116. The summed E-state index contributed by atoms with van der Waals surface area (Å²) in [6.45, 7) is 3.27. The summed E-state index contributed by atoms with van der Waals surface area (Å²) >= 11 is 0. The Morgan fingerprint density at radius 2 is 2.22 bits per heavy atom. The summed E-state index contributed by atoms with van der Waals surface area (Å²) in [7, 11) is 0. The fraction of sp³-hybridized carbons (Fsp3) is 0.500. The first-order chi connectivity index (χ1) is 8.63. The SMILES string of the molecule is CC1CC1CNc1cc2c(cc1N)NC(=O)CC2. The Hall–Kier alpha value is -1.71. The number of nitrogens with one attached hydrogen (secondary N) is 2. The number of carbonyl (C=O) groups is 1. The number of rotatable bonds is 3. The molecule has 18 heavy (non-hydrogen) atoms. The number of hydrogen-bond acceptors (Lipinski definition) is 3. The summed E-state index contributed by atoms with van der Waals surface area (Å²) in [5, 5.41) is 6.29. The highest BCUT2D eigenvalue weighted by Gasteiger charge is 2.32. The van der Waals surface area contributed by atoms with Crippen LogP contribution in [-0.2, 0) is 11.2 Å². The summed E-state index contributed by atoms with van der Waals surface area (Å²) in [6, 6.07) is 3.95. The molecule has 0 radical (unpaired) electrons. The predicted octanol–water partition coefficient (Wildman–Crippen LogP) is 2.22. The van der Waals surface area contributed by atoms with E-state index in [-0.39, 0.29) is 5.91 Å². The zero-order valence-electron chi connectivity index (χ0n) is 10.6. The highest BCUT2D eigenvalue weighted by Crippen LogP contribution is 2.38. The van der Waals surface area contributed by atoms with Gasteiger partial charge in [0.15, 0.2) is 0 Å². The number of hydrogen-bond donors (Lipinski definition) is 3. The molecule has 0 spiro atoms. The molecule has 2 aliphatic rings. The van der Waals surface area contributed by atoms with E-state index in [0.717, 1.165) is 36.2 Å². The van der Waals surface area contributed by atoms with E-state index in [1.807, 2.05) is 6.07 Å². The van der Waals surface area contributed by atoms with E-state index in [4.69, 9.17) is 5.73 Å². The van der Waals surface area contributed by atoms with Crippen LogP contribution < -0.4 is 16.4 Å². The molecule has 1 saturated carbocycles. The molecule has 0 aromatic heterocycles. The van der Waals surface area contributed by atoms with Crippen molar-refractivity contribution in [3.05, 3.63) is 17.7 Å². The standard InChI is InChI=1S/C14H19N3O/c1-8-4-10(8)7-16-13-5-9-2-3-14(18)17-12(9)6-11(13)15/h5-6,8,10,16H,2-4,7,15H2,1H3,(H,17,18). The monoisotopic (exact) mass is 245 g/mol. The lowest BCUT2D eigenvalue weighted by Crippen LogP contribution is -2.19. The quantitative estimate of drug-likeness (QED) is 0.715. The first kappa shape index (κ1) is 11.4. The van der Waals surface area contributed by atoms with E-state index in [1.54, 1.807) is 0 Å². The van der Waals surface area contributed by atoms with Gasteiger partial charge < -0.3 is 16.4 Å². The van der Waals surface area contributed by atoms with Gasteiger partial charge in [0, 0.05) is 18.7 Å². The second-order valence-electron chi connectivity index (χ2n) is 5.50. The Balaban J connectivity index is 1.76. The van der Waals surface area contributed by atoms with Crippen molar-refractivity contribution >= 4 is 23.0 Å². The van der Waals surface area contributed by atoms with Gasteiger partial charge in [-0.15, -0.1) is 0 Å². The van der Waals surface area contributed by atoms with Crippen LogP contribution >= 0.6 is 0 Å². The number of carbonyl (C=O) groups excluding carboxylic acids is 1. The number of benzene rings is 1. The van der Waals surface area contributed by atoms with Crippen molar-refractivity contribution in [3.8, 4) is 0 Å². The minimum absolute atomic E-state index is 0.0782. The number of anilines is 3. The average Bonchev–Trinajstić information content (AvgIpc) is 3.03. The summed E-state index contributed by atoms with van der Waals surface area (Å²) < 4.78 is 0. The van der Waals surface area contributed by atoms with Crippen LogP contribution in [-0.4, -0.2) is 12.5 Å². The smallest absolute Gasteiger partial charge is 0.224 e. The van der Waals surface area contributed by atoms with Crippen LogP contribution in [0.2, 0.25) is 0 Å². The van der Waals surface area contributed by atoms with Gasteiger partial charge >= 0.3 is 0 Å². The van der Waals surface area contributed by atoms with Gasteiger partial charge in [-0.25, -0.2) is 0 Å². The average molecular weight is 245 g/mol. The molecule has 1 aliphatic carbocycles. The van der Waals surface area contributed by atoms with E-state index < -0.39 is 0 Å². The molecular weight excluding hydrogens is 226 g/mol. The van der Waals surface area contributed by atoms with E-state index in [9.17, 15) is 4.79 Å². The van der Waals surface area contributed by atoms with Crippen molar-refractivity contribution in [2.75, 3.05) is 22.9 Å². The molecule has 4 N–H and O–H groups in total. The van der Waals surface area contributed by atoms with Gasteiger partial charge in [-0.3, -0.25) is 4.79 Å². The van der Waals surface area contributed by atoms with Crippen molar-refractivity contribution in [2.45, 2.75) is 26.2 Å². The van der Waals surface area contributed by atoms with Gasteiger partial charge in [0.05, 0.1) is 11.4 Å². The second-order valence-corrected chi connectivity index (χ2v) is 5.50. The fourth-order valence-corrected chi connectivity index (χ4v) is 2.52. The molecule has 1 aliphatic heterocycles. The van der Waals surface area contributed by atoms with Gasteiger partial charge in [0.25, 0.3) is 0 Å². The van der Waals surface area contributed by atoms with Gasteiger partial charge in [-0.05, 0) is 42.4 Å². The van der Waals surface area contributed by atoms with Crippen LogP contribution in [0.15, 0.2) is 12.1 Å². The second kappa shape index (κ2) is 4.19. The molecule has 0 saturated heterocycles. The molecule has 1 heterocycles. The third-order valence-electron chi connectivity index (χ3n) is 4.00. The number of amides is 1. The topological polar surface area (TPSA) is 67.2 Å². The lowest BCUT2D eigenvalue weighted by Gasteiger charge is -2.19. The molecule has 1 amide bonds. The highest BCUT2D eigenvalue weighted by atomic mass is 16.1. The number of aryl methyl sites for hydroxylation is 1. The van der Waals surface area contributed by atoms with Gasteiger partial charge in [0.2, 0.25) is 5.91 Å². The van der Waals surface area contributed by atoms with Crippen LogP contribution in [0.3, 0.4) is 0 Å². The summed E-state index contributed by atoms with van der Waals surface area (Å²) in [5.74, 6) is 1.71. The molecule has 1 fully saturated rings. The van der Waals surface area contributed by atoms with Crippen molar-refractivity contribution < 1.29 is 4.79 Å². The van der Waals surface area contributed by atoms with E-state index in [0.29, 0.717) is 12.1 Å². The maximum Gasteiger partial charge on any atom is 0.224 e. The lowest BCUT2D eigenvalue weighted by atomic mass is 10.0. The number of nitrogens with two attached hydrogens (primary N) is 1. The van der Waals surface area contributed by atoms with Gasteiger partial charge in [-0.1, -0.05) is 6.92 Å². The zero-order chi connectivity index (χ0) is 12.7. The van der Waals surface area contributed by atoms with E-state index in [2.05, 4.69) is 23.6 Å². The Kier molecular flexibility index (Phi) is 2.65. The minimum atomic E-state index is 0.0782. The normalized spacial score (nSPS) is 25.3. The molecule has 2 unspecified atom stereocenters. The Labute approximate surface area is 107 Å². The molecule has 1 aromatic rings. The molecular formula is C14H19N3O. The third-order valence-corrected chi connectivity index (χ3v) is 4.00. The molecule has 4 nitrogen and oxygen atoms in total. The van der Waals surface area contributed by atoms with Crippen LogP contribution in [0.1, 0.15) is 25.3 Å². The summed E-state index contributed by atoms with van der Waals surface area (Å²) in [5.41, 5.74) is 9.78. The van der Waals surface area contributed by atoms with Crippen molar-refractivity contribution in [2.24, 2.45) is 11.8 Å². The molecule has 2 atom stereocenters. The first-order valence-electron chi connectivity index (χ1n) is 6.59. The molecule has 3 rings (SSSR count). The van der Waals surface area contributed by atoms with Crippen LogP contribution in [0.4, 0.5) is 17.1 Å². The van der Waals surface area contributed by atoms with Crippen molar-refractivity contribution in [1.82, 2.24) is 0 Å². The van der Waals surface area contributed by atoms with Crippen LogP contribution in [0.5, 0.6) is 0 Å². The maximum atomic E-state index is 11.3. The van der Waals surface area contributed by atoms with Crippen molar-refractivity contribution in [3.63, 3.8) is 0 Å². The summed E-state index contributed by atoms with van der Waals surface area (Å²) in [4.78, 5) is 11.3. The zero-order valence-corrected chi connectivity index (χ0v) is 10.6. The van der Waals surface area contributed by atoms with E-state index in [1.165, 1.54) is 12.0 Å². The molecule has 1 aromatic carbocycles. The Morgan fingerprint density at radius 3 is 2.94 bits per heavy atom. The first-order valence-corrected chi connectivity index (χ1v) is 6.59. The van der Waals surface area contributed by atoms with Crippen molar-refractivity contribution in [1.29, 1.82) is 0 Å². The molecule has 4 heteroatoms. The van der Waals surface area contributed by atoms with Gasteiger partial charge in [-0.2, -0.15) is 0 Å². The minimum Gasteiger partial charge on any atom is -0.397 e. The molecule has 0 bridgehead atoms. The van der Waals surface area contributed by atoms with Gasteiger partial charge in [0.1, 0.15) is 0 Å². The largest absolute Gasteiger partial charge is 0.397 e. The fourth-order valence-electron chi connectivity index (χ4n) is 2.52. The number of nitrogen functional groups attached to an aromatic ring is 1. The highest BCUT2D eigenvalue weighted by molar-refractivity contribution is 5.95. The predicted molar refractivity (Wildman–Crippen MR) is 73.6 cm³/mol. The Morgan fingerprint density at radius 1 is 1.44 bits per heavy atom.